The van der Waals surface area contributed by atoms with Gasteiger partial charge in [0.2, 0.25) is 5.90 Å². The van der Waals surface area contributed by atoms with Crippen LogP contribution in [0.1, 0.15) is 11.3 Å². The highest BCUT2D eigenvalue weighted by Gasteiger charge is 2.38. The quantitative estimate of drug-likeness (QED) is 0.416. The van der Waals surface area contributed by atoms with Crippen molar-refractivity contribution in [1.82, 2.24) is 9.78 Å². The lowest BCUT2D eigenvalue weighted by Gasteiger charge is -2.29. The second-order valence-corrected chi connectivity index (χ2v) is 11.6. The SMILES string of the molecule is Cc1nn(-c2ccccc2)c2c1P(=S)(c1ccc(N(C)C)cc1)OC(c1ccccc1)=N2. The molecular formula is C25H23N4OPS. The molecule has 0 saturated heterocycles. The summed E-state index contributed by atoms with van der Waals surface area (Å²) in [6.45, 7) is 1.99. The normalized spacial score (nSPS) is 17.3. The minimum Gasteiger partial charge on any atom is -0.439 e. The summed E-state index contributed by atoms with van der Waals surface area (Å²) in [6.07, 6.45) is -2.66. The average molecular weight is 459 g/mol. The first-order valence-corrected chi connectivity index (χ1v) is 13.1. The van der Waals surface area contributed by atoms with Crippen molar-refractivity contribution in [2.75, 3.05) is 19.0 Å². The lowest BCUT2D eigenvalue weighted by molar-refractivity contribution is 0.622. The van der Waals surface area contributed by atoms with Crippen LogP contribution < -0.4 is 15.5 Å². The van der Waals surface area contributed by atoms with E-state index in [-0.39, 0.29) is 0 Å². The van der Waals surface area contributed by atoms with Crippen molar-refractivity contribution in [3.05, 3.63) is 96.2 Å². The molecule has 0 bridgehead atoms. The fourth-order valence-electron chi connectivity index (χ4n) is 3.81. The highest BCUT2D eigenvalue weighted by atomic mass is 32.4. The summed E-state index contributed by atoms with van der Waals surface area (Å²) >= 11 is 6.35. The van der Waals surface area contributed by atoms with Crippen molar-refractivity contribution in [3.8, 4) is 5.69 Å². The Morgan fingerprint density at radius 2 is 1.50 bits per heavy atom. The summed E-state index contributed by atoms with van der Waals surface area (Å²) in [4.78, 5) is 7.00. The van der Waals surface area contributed by atoms with Crippen LogP contribution in [0.15, 0.2) is 89.9 Å². The van der Waals surface area contributed by atoms with E-state index in [0.29, 0.717) is 5.90 Å². The first kappa shape index (κ1) is 20.7. The Labute approximate surface area is 193 Å². The van der Waals surface area contributed by atoms with Crippen LogP contribution in [0.25, 0.3) is 5.69 Å². The van der Waals surface area contributed by atoms with Gasteiger partial charge in [-0.1, -0.05) is 36.4 Å². The van der Waals surface area contributed by atoms with Gasteiger partial charge in [0.25, 0.3) is 0 Å². The maximum absolute atomic E-state index is 6.61. The van der Waals surface area contributed by atoms with E-state index in [4.69, 9.17) is 26.4 Å². The van der Waals surface area contributed by atoms with Gasteiger partial charge in [-0.15, -0.1) is 0 Å². The van der Waals surface area contributed by atoms with Gasteiger partial charge in [-0.3, -0.25) is 0 Å². The van der Waals surface area contributed by atoms with Gasteiger partial charge in [-0.2, -0.15) is 10.1 Å². The monoisotopic (exact) mass is 458 g/mol. The van der Waals surface area contributed by atoms with E-state index in [1.54, 1.807) is 0 Å². The van der Waals surface area contributed by atoms with Crippen molar-refractivity contribution in [2.45, 2.75) is 6.92 Å². The Morgan fingerprint density at radius 1 is 0.875 bits per heavy atom. The molecule has 0 aliphatic carbocycles. The lowest BCUT2D eigenvalue weighted by atomic mass is 10.2. The zero-order chi connectivity index (χ0) is 22.3. The van der Waals surface area contributed by atoms with Crippen molar-refractivity contribution < 1.29 is 4.52 Å². The minimum atomic E-state index is -2.66. The number of aromatic nitrogens is 2. The molecule has 2 heterocycles. The Morgan fingerprint density at radius 3 is 2.12 bits per heavy atom. The van der Waals surface area contributed by atoms with E-state index in [9.17, 15) is 0 Å². The molecule has 4 aromatic rings. The molecule has 0 N–H and O–H groups in total. The summed E-state index contributed by atoms with van der Waals surface area (Å²) in [6, 6.07) is 28.3. The summed E-state index contributed by atoms with van der Waals surface area (Å²) in [5.41, 5.74) is 3.80. The molecular weight excluding hydrogens is 435 g/mol. The molecule has 0 saturated carbocycles. The maximum Gasteiger partial charge on any atom is 0.226 e. The van der Waals surface area contributed by atoms with Gasteiger partial charge in [0.15, 0.2) is 12.1 Å². The lowest BCUT2D eigenvalue weighted by Crippen LogP contribution is -2.26. The van der Waals surface area contributed by atoms with Crippen LogP contribution in [0.4, 0.5) is 11.5 Å². The van der Waals surface area contributed by atoms with Crippen molar-refractivity contribution >= 4 is 46.1 Å². The standard InChI is InChI=1S/C25H23N4OPS/c1-18-23-24(29(27-18)21-12-8-5-9-13-21)26-25(19-10-6-4-7-11-19)30-31(23,32)22-16-14-20(15-17-22)28(2)3/h4-17H,1-3H3. The number of para-hydroxylation sites is 1. The molecule has 0 radical (unpaired) electrons. The Bertz CT molecular complexity index is 1350. The Balaban J connectivity index is 1.75. The summed E-state index contributed by atoms with van der Waals surface area (Å²) in [5.74, 6) is 1.29. The number of hydrogen-bond donors (Lipinski definition) is 0. The van der Waals surface area contributed by atoms with E-state index >= 15 is 0 Å². The van der Waals surface area contributed by atoms with Crippen LogP contribution in [-0.4, -0.2) is 29.8 Å². The number of hydrogen-bond acceptors (Lipinski definition) is 5. The van der Waals surface area contributed by atoms with E-state index in [1.165, 1.54) is 0 Å². The van der Waals surface area contributed by atoms with Gasteiger partial charge in [0.1, 0.15) is 0 Å². The zero-order valence-electron chi connectivity index (χ0n) is 18.1. The predicted octanol–water partition coefficient (Wildman–Crippen LogP) is 4.70. The van der Waals surface area contributed by atoms with Gasteiger partial charge < -0.3 is 9.42 Å². The molecule has 32 heavy (non-hydrogen) atoms. The molecule has 5 nitrogen and oxygen atoms in total. The number of fused-ring (bicyclic) bond motifs is 1. The van der Waals surface area contributed by atoms with Crippen molar-refractivity contribution in [2.24, 2.45) is 4.99 Å². The van der Waals surface area contributed by atoms with Crippen LogP contribution in [0.5, 0.6) is 0 Å². The highest BCUT2D eigenvalue weighted by molar-refractivity contribution is 8.19. The van der Waals surface area contributed by atoms with Crippen molar-refractivity contribution in [1.29, 1.82) is 0 Å². The molecule has 160 valence electrons. The first-order valence-electron chi connectivity index (χ1n) is 10.3. The number of rotatable bonds is 4. The second kappa shape index (κ2) is 8.05. The molecule has 7 heteroatoms. The summed E-state index contributed by atoms with van der Waals surface area (Å²) in [5, 5.41) is 6.74. The molecule has 0 fully saturated rings. The topological polar surface area (TPSA) is 42.7 Å². The van der Waals surface area contributed by atoms with E-state index in [1.807, 2.05) is 86.4 Å². The second-order valence-electron chi connectivity index (χ2n) is 7.84. The van der Waals surface area contributed by atoms with Crippen molar-refractivity contribution in [3.63, 3.8) is 0 Å². The largest absolute Gasteiger partial charge is 0.439 e. The predicted molar refractivity (Wildman–Crippen MR) is 136 cm³/mol. The summed E-state index contributed by atoms with van der Waals surface area (Å²) in [7, 11) is 4.05. The molecule has 1 aromatic heterocycles. The third-order valence-electron chi connectivity index (χ3n) is 5.45. The number of aryl methyl sites for hydroxylation is 1. The first-order chi connectivity index (χ1) is 15.5. The molecule has 1 aliphatic rings. The third kappa shape index (κ3) is 3.46. The maximum atomic E-state index is 6.61. The number of anilines is 1. The highest BCUT2D eigenvalue weighted by Crippen LogP contribution is 2.52. The smallest absolute Gasteiger partial charge is 0.226 e. The average Bonchev–Trinajstić information content (AvgIpc) is 3.17. The molecule has 1 atom stereocenters. The van der Waals surface area contributed by atoms with Gasteiger partial charge in [-0.05, 0) is 67.3 Å². The van der Waals surface area contributed by atoms with Crippen LogP contribution in [0, 0.1) is 6.92 Å². The zero-order valence-corrected chi connectivity index (χ0v) is 19.8. The Kier molecular flexibility index (Phi) is 5.20. The fraction of sp³-hybridized carbons (Fsp3) is 0.120. The molecule has 5 rings (SSSR count). The van der Waals surface area contributed by atoms with E-state index in [0.717, 1.165) is 39.1 Å². The number of aliphatic imine (C=N–C) groups is 1. The van der Waals surface area contributed by atoms with Crippen LogP contribution in [-0.2, 0) is 16.3 Å². The fourth-order valence-corrected chi connectivity index (χ4v) is 7.30. The Hall–Kier alpha value is -3.21. The van der Waals surface area contributed by atoms with E-state index < -0.39 is 6.26 Å². The molecule has 1 unspecified atom stereocenters. The molecule has 0 spiro atoms. The van der Waals surface area contributed by atoms with Crippen LogP contribution in [0.2, 0.25) is 0 Å². The van der Waals surface area contributed by atoms with Gasteiger partial charge in [0.05, 0.1) is 16.7 Å². The number of nitrogens with zero attached hydrogens (tertiary/aromatic N) is 4. The molecule has 1 aliphatic heterocycles. The van der Waals surface area contributed by atoms with E-state index in [2.05, 4.69) is 29.2 Å². The molecule has 3 aromatic carbocycles. The minimum absolute atomic E-state index is 0.537. The van der Waals surface area contributed by atoms with Gasteiger partial charge >= 0.3 is 0 Å². The number of benzene rings is 3. The van der Waals surface area contributed by atoms with Gasteiger partial charge in [0, 0.05) is 30.7 Å². The third-order valence-corrected chi connectivity index (χ3v) is 9.37. The van der Waals surface area contributed by atoms with Crippen LogP contribution in [0.3, 0.4) is 0 Å². The molecule has 0 amide bonds. The summed E-state index contributed by atoms with van der Waals surface area (Å²) < 4.78 is 8.49. The van der Waals surface area contributed by atoms with Crippen LogP contribution >= 0.6 is 6.26 Å². The van der Waals surface area contributed by atoms with Gasteiger partial charge in [-0.25, -0.2) is 4.68 Å².